The van der Waals surface area contributed by atoms with Gasteiger partial charge in [-0.2, -0.15) is 0 Å². The molecule has 0 heterocycles. The van der Waals surface area contributed by atoms with Crippen LogP contribution in [0.5, 0.6) is 0 Å². The van der Waals surface area contributed by atoms with E-state index in [9.17, 15) is 4.39 Å². The van der Waals surface area contributed by atoms with Crippen LogP contribution in [0.15, 0.2) is 18.2 Å². The highest BCUT2D eigenvalue weighted by Gasteiger charge is 2.21. The molecular weight excluding hydrogens is 267 g/mol. The Morgan fingerprint density at radius 2 is 2.19 bits per heavy atom. The summed E-state index contributed by atoms with van der Waals surface area (Å²) in [5, 5.41) is 3.30. The first-order valence-electron chi connectivity index (χ1n) is 7.93. The number of hydrogen-bond acceptors (Lipinski definition) is 3. The molecule has 1 unspecified atom stereocenters. The topological polar surface area (TPSA) is 24.5 Å². The van der Waals surface area contributed by atoms with Gasteiger partial charge in [-0.1, -0.05) is 13.0 Å². The minimum absolute atomic E-state index is 0.165. The zero-order chi connectivity index (χ0) is 15.2. The fourth-order valence-corrected chi connectivity index (χ4v) is 2.38. The van der Waals surface area contributed by atoms with Gasteiger partial charge in [-0.05, 0) is 49.9 Å². The average Bonchev–Trinajstić information content (AvgIpc) is 3.27. The van der Waals surface area contributed by atoms with Gasteiger partial charge in [0, 0.05) is 26.2 Å². The summed E-state index contributed by atoms with van der Waals surface area (Å²) in [6.07, 6.45) is 2.60. The van der Waals surface area contributed by atoms with Crippen LogP contribution in [0.3, 0.4) is 0 Å². The summed E-state index contributed by atoms with van der Waals surface area (Å²) in [5.74, 6) is 0.612. The van der Waals surface area contributed by atoms with Crippen molar-refractivity contribution in [1.82, 2.24) is 5.32 Å². The lowest BCUT2D eigenvalue weighted by Crippen LogP contribution is -2.24. The average molecular weight is 294 g/mol. The Morgan fingerprint density at radius 3 is 2.81 bits per heavy atom. The van der Waals surface area contributed by atoms with Crippen LogP contribution in [0.1, 0.15) is 38.3 Å². The maximum Gasteiger partial charge on any atom is 0.146 e. The first-order valence-corrected chi connectivity index (χ1v) is 7.93. The van der Waals surface area contributed by atoms with Crippen LogP contribution >= 0.6 is 0 Å². The Kier molecular flexibility index (Phi) is 6.00. The molecule has 0 saturated heterocycles. The molecule has 1 saturated carbocycles. The molecule has 1 aromatic rings. The molecule has 1 aromatic carbocycles. The number of nitrogens with one attached hydrogen (secondary N) is 1. The largest absolute Gasteiger partial charge is 0.379 e. The molecular formula is C17H27FN2O. The first-order chi connectivity index (χ1) is 10.1. The van der Waals surface area contributed by atoms with Gasteiger partial charge in [-0.25, -0.2) is 4.39 Å². The highest BCUT2D eigenvalue weighted by atomic mass is 19.1. The zero-order valence-corrected chi connectivity index (χ0v) is 13.4. The molecule has 1 aliphatic carbocycles. The van der Waals surface area contributed by atoms with Crippen LogP contribution in [0, 0.1) is 11.7 Å². The van der Waals surface area contributed by atoms with Crippen molar-refractivity contribution in [3.05, 3.63) is 29.6 Å². The van der Waals surface area contributed by atoms with Crippen molar-refractivity contribution in [3.8, 4) is 0 Å². The first kappa shape index (κ1) is 16.2. The third kappa shape index (κ3) is 4.97. The standard InChI is InChI=1S/C17H27FN2O/c1-4-19-13(2)15-7-8-17(16(18)11-15)20(3)9-10-21-12-14-5-6-14/h7-8,11,13-14,19H,4-6,9-10,12H2,1-3H3. The van der Waals surface area contributed by atoms with Gasteiger partial charge in [0.2, 0.25) is 0 Å². The lowest BCUT2D eigenvalue weighted by atomic mass is 10.1. The molecule has 0 bridgehead atoms. The van der Waals surface area contributed by atoms with Gasteiger partial charge in [-0.3, -0.25) is 0 Å². The Labute approximate surface area is 127 Å². The van der Waals surface area contributed by atoms with Crippen LogP contribution in [-0.4, -0.2) is 33.4 Å². The Morgan fingerprint density at radius 1 is 1.43 bits per heavy atom. The van der Waals surface area contributed by atoms with Crippen molar-refractivity contribution in [3.63, 3.8) is 0 Å². The van der Waals surface area contributed by atoms with E-state index in [1.807, 2.05) is 31.0 Å². The summed E-state index contributed by atoms with van der Waals surface area (Å²) < 4.78 is 19.8. The predicted octanol–water partition coefficient (Wildman–Crippen LogP) is 3.36. The zero-order valence-electron chi connectivity index (χ0n) is 13.4. The Balaban J connectivity index is 1.85. The van der Waals surface area contributed by atoms with E-state index in [-0.39, 0.29) is 11.9 Å². The maximum absolute atomic E-state index is 14.2. The van der Waals surface area contributed by atoms with Crippen molar-refractivity contribution in [2.24, 2.45) is 5.92 Å². The fourth-order valence-electron chi connectivity index (χ4n) is 2.38. The van der Waals surface area contributed by atoms with Crippen LogP contribution in [0.4, 0.5) is 10.1 Å². The highest BCUT2D eigenvalue weighted by molar-refractivity contribution is 5.48. The predicted molar refractivity (Wildman–Crippen MR) is 85.3 cm³/mol. The summed E-state index contributed by atoms with van der Waals surface area (Å²) in [4.78, 5) is 1.92. The van der Waals surface area contributed by atoms with E-state index in [0.29, 0.717) is 18.8 Å². The number of hydrogen-bond donors (Lipinski definition) is 1. The number of nitrogens with zero attached hydrogens (tertiary/aromatic N) is 1. The van der Waals surface area contributed by atoms with Gasteiger partial charge in [0.25, 0.3) is 0 Å². The third-order valence-corrected chi connectivity index (χ3v) is 4.01. The van der Waals surface area contributed by atoms with Gasteiger partial charge in [0.05, 0.1) is 12.3 Å². The molecule has 1 atom stereocenters. The molecule has 118 valence electrons. The molecule has 0 amide bonds. The smallest absolute Gasteiger partial charge is 0.146 e. The van der Waals surface area contributed by atoms with Crippen LogP contribution < -0.4 is 10.2 Å². The van der Waals surface area contributed by atoms with Gasteiger partial charge in [0.15, 0.2) is 0 Å². The Hall–Kier alpha value is -1.13. The van der Waals surface area contributed by atoms with E-state index in [2.05, 4.69) is 12.2 Å². The van der Waals surface area contributed by atoms with E-state index in [0.717, 1.165) is 24.6 Å². The number of halogens is 1. The van der Waals surface area contributed by atoms with Crippen LogP contribution in [-0.2, 0) is 4.74 Å². The van der Waals surface area contributed by atoms with Crippen molar-refractivity contribution in [2.75, 3.05) is 38.3 Å². The van der Waals surface area contributed by atoms with Gasteiger partial charge in [0.1, 0.15) is 5.82 Å². The summed E-state index contributed by atoms with van der Waals surface area (Å²) in [6.45, 7) is 7.20. The second-order valence-electron chi connectivity index (χ2n) is 5.93. The molecule has 4 heteroatoms. The fraction of sp³-hybridized carbons (Fsp3) is 0.647. The molecule has 21 heavy (non-hydrogen) atoms. The number of ether oxygens (including phenoxy) is 1. The molecule has 0 spiro atoms. The summed E-state index contributed by atoms with van der Waals surface area (Å²) in [5.41, 5.74) is 1.62. The van der Waals surface area contributed by atoms with E-state index in [1.54, 1.807) is 6.07 Å². The van der Waals surface area contributed by atoms with Gasteiger partial charge in [-0.15, -0.1) is 0 Å². The molecule has 1 N–H and O–H groups in total. The molecule has 0 aliphatic heterocycles. The molecule has 0 radical (unpaired) electrons. The molecule has 1 aliphatic rings. The molecule has 0 aromatic heterocycles. The van der Waals surface area contributed by atoms with Crippen LogP contribution in [0.25, 0.3) is 0 Å². The lowest BCUT2D eigenvalue weighted by molar-refractivity contribution is 0.131. The monoisotopic (exact) mass is 294 g/mol. The minimum Gasteiger partial charge on any atom is -0.379 e. The summed E-state index contributed by atoms with van der Waals surface area (Å²) in [7, 11) is 1.91. The second-order valence-corrected chi connectivity index (χ2v) is 5.93. The number of likely N-dealkylation sites (N-methyl/N-ethyl adjacent to an activating group) is 1. The van der Waals surface area contributed by atoms with Gasteiger partial charge < -0.3 is 15.0 Å². The van der Waals surface area contributed by atoms with Crippen molar-refractivity contribution in [1.29, 1.82) is 0 Å². The van der Waals surface area contributed by atoms with E-state index < -0.39 is 0 Å². The number of rotatable bonds is 9. The minimum atomic E-state index is -0.165. The summed E-state index contributed by atoms with van der Waals surface area (Å²) >= 11 is 0. The van der Waals surface area contributed by atoms with Gasteiger partial charge >= 0.3 is 0 Å². The van der Waals surface area contributed by atoms with E-state index in [1.165, 1.54) is 12.8 Å². The number of benzene rings is 1. The van der Waals surface area contributed by atoms with E-state index >= 15 is 0 Å². The summed E-state index contributed by atoms with van der Waals surface area (Å²) in [6, 6.07) is 5.66. The molecule has 3 nitrogen and oxygen atoms in total. The normalized spacial score (nSPS) is 16.0. The van der Waals surface area contributed by atoms with Crippen molar-refractivity contribution in [2.45, 2.75) is 32.7 Å². The maximum atomic E-state index is 14.2. The number of anilines is 1. The lowest BCUT2D eigenvalue weighted by Gasteiger charge is -2.21. The van der Waals surface area contributed by atoms with E-state index in [4.69, 9.17) is 4.74 Å². The Bertz CT molecular complexity index is 448. The molecule has 2 rings (SSSR count). The van der Waals surface area contributed by atoms with Crippen molar-refractivity contribution < 1.29 is 9.13 Å². The SMILES string of the molecule is CCNC(C)c1ccc(N(C)CCOCC2CC2)c(F)c1. The second kappa shape index (κ2) is 7.76. The highest BCUT2D eigenvalue weighted by Crippen LogP contribution is 2.28. The van der Waals surface area contributed by atoms with Crippen molar-refractivity contribution >= 4 is 5.69 Å². The quantitative estimate of drug-likeness (QED) is 0.707. The van der Waals surface area contributed by atoms with Crippen LogP contribution in [0.2, 0.25) is 0 Å². The molecule has 1 fully saturated rings. The third-order valence-electron chi connectivity index (χ3n) is 4.01.